The molecule has 4 rings (SSSR count). The maximum absolute atomic E-state index is 13.7. The summed E-state index contributed by atoms with van der Waals surface area (Å²) in [6.07, 6.45) is -0.0426. The third-order valence-corrected chi connectivity index (χ3v) is 5.83. The fourth-order valence-electron chi connectivity index (χ4n) is 4.54. The molecule has 1 N–H and O–H groups in total. The Balaban J connectivity index is 1.90. The zero-order valence-corrected chi connectivity index (χ0v) is 16.4. The largest absolute Gasteiger partial charge is 0.377 e. The summed E-state index contributed by atoms with van der Waals surface area (Å²) in [6.45, 7) is 6.12. The lowest BCUT2D eigenvalue weighted by Gasteiger charge is -2.54. The van der Waals surface area contributed by atoms with Crippen molar-refractivity contribution < 1.29 is 24.0 Å². The molecule has 29 heavy (non-hydrogen) atoms. The summed E-state index contributed by atoms with van der Waals surface area (Å²) < 4.78 is 5.60. The van der Waals surface area contributed by atoms with Gasteiger partial charge in [0.15, 0.2) is 5.41 Å². The van der Waals surface area contributed by atoms with Gasteiger partial charge in [-0.05, 0) is 32.4 Å². The van der Waals surface area contributed by atoms with Crippen molar-refractivity contribution in [2.45, 2.75) is 38.8 Å². The molecule has 2 fully saturated rings. The lowest BCUT2D eigenvalue weighted by Crippen LogP contribution is -2.75. The number of benzene rings is 1. The minimum absolute atomic E-state index is 0.0426. The van der Waals surface area contributed by atoms with Crippen LogP contribution in [0.5, 0.6) is 0 Å². The zero-order chi connectivity index (χ0) is 21.1. The van der Waals surface area contributed by atoms with Crippen LogP contribution in [0.2, 0.25) is 0 Å². The van der Waals surface area contributed by atoms with E-state index in [0.29, 0.717) is 18.7 Å². The van der Waals surface area contributed by atoms with Crippen molar-refractivity contribution in [1.29, 1.82) is 0 Å². The van der Waals surface area contributed by atoms with E-state index in [0.717, 1.165) is 10.6 Å². The van der Waals surface area contributed by atoms with E-state index >= 15 is 0 Å². The first-order chi connectivity index (χ1) is 13.6. The molecule has 4 amide bonds. The van der Waals surface area contributed by atoms with Crippen LogP contribution in [0.25, 0.3) is 0 Å². The molecule has 3 aliphatic rings. The highest BCUT2D eigenvalue weighted by Crippen LogP contribution is 2.47. The number of barbiturate groups is 1. The molecule has 3 heterocycles. The van der Waals surface area contributed by atoms with Crippen molar-refractivity contribution in [1.82, 2.24) is 10.2 Å². The van der Waals surface area contributed by atoms with Crippen LogP contribution in [0, 0.1) is 15.5 Å². The molecule has 0 unspecified atom stereocenters. The average Bonchev–Trinajstić information content (AvgIpc) is 2.64. The SMILES string of the molecule is CC(C)(C)N1C(=O)NC(=O)[C@]2(Cc3cc([N+](=O)[O-])ccc3N3CCOC[C@H]32)C1=O. The predicted molar refractivity (Wildman–Crippen MR) is 101 cm³/mol. The molecular formula is C19H22N4O6. The van der Waals surface area contributed by atoms with Gasteiger partial charge in [-0.3, -0.25) is 29.9 Å². The molecule has 1 spiro atoms. The van der Waals surface area contributed by atoms with Crippen molar-refractivity contribution in [3.8, 4) is 0 Å². The summed E-state index contributed by atoms with van der Waals surface area (Å²) in [5.74, 6) is -1.29. The van der Waals surface area contributed by atoms with Crippen LogP contribution in [-0.4, -0.2) is 59.0 Å². The van der Waals surface area contributed by atoms with Crippen molar-refractivity contribution in [2.75, 3.05) is 24.7 Å². The van der Waals surface area contributed by atoms with Crippen molar-refractivity contribution in [3.05, 3.63) is 33.9 Å². The number of nitrogens with one attached hydrogen (secondary N) is 1. The van der Waals surface area contributed by atoms with Crippen LogP contribution in [0.1, 0.15) is 26.3 Å². The van der Waals surface area contributed by atoms with E-state index < -0.39 is 39.8 Å². The molecule has 10 nitrogen and oxygen atoms in total. The van der Waals surface area contributed by atoms with Gasteiger partial charge >= 0.3 is 6.03 Å². The fourth-order valence-corrected chi connectivity index (χ4v) is 4.54. The number of amides is 4. The first kappa shape index (κ1) is 19.3. The number of anilines is 1. The van der Waals surface area contributed by atoms with E-state index in [1.807, 2.05) is 4.90 Å². The van der Waals surface area contributed by atoms with Crippen molar-refractivity contribution in [3.63, 3.8) is 0 Å². The predicted octanol–water partition coefficient (Wildman–Crippen LogP) is 1.22. The molecule has 0 bridgehead atoms. The van der Waals surface area contributed by atoms with E-state index in [9.17, 15) is 24.5 Å². The standard InChI is InChI=1S/C19H22N4O6/c1-18(2,3)22-16(25)19(15(24)20-17(22)26)9-11-8-12(23(27)28)4-5-13(11)21-6-7-29-10-14(19)21/h4-5,8,14H,6-7,9-10H2,1-3H3,(H,20,24,26)/t14-,19+/m0/s1. The summed E-state index contributed by atoms with van der Waals surface area (Å²) >= 11 is 0. The number of nitro groups is 1. The van der Waals surface area contributed by atoms with Crippen LogP contribution in [-0.2, 0) is 20.7 Å². The lowest BCUT2D eigenvalue weighted by molar-refractivity contribution is -0.384. The van der Waals surface area contributed by atoms with Crippen molar-refractivity contribution >= 4 is 29.2 Å². The molecule has 1 aromatic carbocycles. The number of rotatable bonds is 1. The molecule has 2 atom stereocenters. The maximum atomic E-state index is 13.7. The van der Waals surface area contributed by atoms with E-state index in [1.54, 1.807) is 26.8 Å². The first-order valence-electron chi connectivity index (χ1n) is 9.39. The van der Waals surface area contributed by atoms with Gasteiger partial charge in [-0.2, -0.15) is 0 Å². The number of hydrogen-bond acceptors (Lipinski definition) is 7. The number of fused-ring (bicyclic) bond motifs is 4. The molecule has 10 heteroatoms. The number of nitrogens with zero attached hydrogens (tertiary/aromatic N) is 3. The Hall–Kier alpha value is -3.01. The fraction of sp³-hybridized carbons (Fsp3) is 0.526. The Morgan fingerprint density at radius 2 is 2.00 bits per heavy atom. The smallest absolute Gasteiger partial charge is 0.331 e. The van der Waals surface area contributed by atoms with Gasteiger partial charge in [-0.1, -0.05) is 0 Å². The first-order valence-corrected chi connectivity index (χ1v) is 9.39. The summed E-state index contributed by atoms with van der Waals surface area (Å²) in [6, 6.07) is 3.09. The number of urea groups is 1. The number of carbonyl (C=O) groups is 3. The Morgan fingerprint density at radius 1 is 1.28 bits per heavy atom. The number of carbonyl (C=O) groups excluding carboxylic acids is 3. The molecule has 0 aliphatic carbocycles. The highest BCUT2D eigenvalue weighted by Gasteiger charge is 2.63. The molecule has 154 valence electrons. The molecule has 1 aromatic rings. The Labute approximate surface area is 166 Å². The quantitative estimate of drug-likeness (QED) is 0.426. The van der Waals surface area contributed by atoms with Crippen LogP contribution in [0.4, 0.5) is 16.2 Å². The third-order valence-electron chi connectivity index (χ3n) is 5.83. The molecular weight excluding hydrogens is 380 g/mol. The summed E-state index contributed by atoms with van der Waals surface area (Å²) in [4.78, 5) is 53.0. The Kier molecular flexibility index (Phi) is 4.16. The lowest BCUT2D eigenvalue weighted by atomic mass is 9.67. The Morgan fingerprint density at radius 3 is 2.66 bits per heavy atom. The summed E-state index contributed by atoms with van der Waals surface area (Å²) in [5, 5.41) is 13.6. The van der Waals surface area contributed by atoms with Gasteiger partial charge in [-0.25, -0.2) is 4.79 Å². The van der Waals surface area contributed by atoms with E-state index in [4.69, 9.17) is 4.74 Å². The number of hydrogen-bond donors (Lipinski definition) is 1. The van der Waals surface area contributed by atoms with Gasteiger partial charge in [-0.15, -0.1) is 0 Å². The molecule has 3 aliphatic heterocycles. The molecule has 0 radical (unpaired) electrons. The monoisotopic (exact) mass is 402 g/mol. The van der Waals surface area contributed by atoms with E-state index in [-0.39, 0.29) is 18.7 Å². The molecule has 2 saturated heterocycles. The second-order valence-electron chi connectivity index (χ2n) is 8.57. The van der Waals surface area contributed by atoms with Gasteiger partial charge < -0.3 is 9.64 Å². The van der Waals surface area contributed by atoms with Gasteiger partial charge in [0.1, 0.15) is 0 Å². The number of imide groups is 2. The maximum Gasteiger partial charge on any atom is 0.331 e. The van der Waals surface area contributed by atoms with Gasteiger partial charge in [0.25, 0.3) is 5.69 Å². The van der Waals surface area contributed by atoms with Crippen LogP contribution in [0.15, 0.2) is 18.2 Å². The topological polar surface area (TPSA) is 122 Å². The van der Waals surface area contributed by atoms with Crippen LogP contribution < -0.4 is 10.2 Å². The second kappa shape index (κ2) is 6.24. The van der Waals surface area contributed by atoms with E-state index in [2.05, 4.69) is 5.32 Å². The summed E-state index contributed by atoms with van der Waals surface area (Å²) in [5.41, 5.74) is -1.29. The number of ether oxygens (including phenoxy) is 1. The zero-order valence-electron chi connectivity index (χ0n) is 16.4. The number of nitro benzene ring substituents is 1. The third kappa shape index (κ3) is 2.70. The Bertz CT molecular complexity index is 939. The van der Waals surface area contributed by atoms with Gasteiger partial charge in [0.2, 0.25) is 11.8 Å². The second-order valence-corrected chi connectivity index (χ2v) is 8.57. The average molecular weight is 402 g/mol. The normalized spacial score (nSPS) is 26.9. The highest BCUT2D eigenvalue weighted by atomic mass is 16.6. The van der Waals surface area contributed by atoms with Crippen LogP contribution in [0.3, 0.4) is 0 Å². The number of morpholine rings is 1. The molecule has 0 saturated carbocycles. The minimum Gasteiger partial charge on any atom is -0.377 e. The number of non-ortho nitro benzene ring substituents is 1. The van der Waals surface area contributed by atoms with Gasteiger partial charge in [0.05, 0.1) is 24.2 Å². The van der Waals surface area contributed by atoms with Gasteiger partial charge in [0, 0.05) is 36.3 Å². The minimum atomic E-state index is -1.61. The summed E-state index contributed by atoms with van der Waals surface area (Å²) in [7, 11) is 0. The molecule has 0 aromatic heterocycles. The van der Waals surface area contributed by atoms with E-state index in [1.165, 1.54) is 12.1 Å². The van der Waals surface area contributed by atoms with Crippen LogP contribution >= 0.6 is 0 Å². The highest BCUT2D eigenvalue weighted by molar-refractivity contribution is 6.20. The van der Waals surface area contributed by atoms with Crippen molar-refractivity contribution in [2.24, 2.45) is 5.41 Å².